The van der Waals surface area contributed by atoms with E-state index in [4.69, 9.17) is 16.3 Å². The van der Waals surface area contributed by atoms with Gasteiger partial charge in [-0.05, 0) is 55.0 Å². The number of benzene rings is 3. The lowest BCUT2D eigenvalue weighted by atomic mass is 10.1. The number of nitrogens with zero attached hydrogens (tertiary/aromatic N) is 1. The summed E-state index contributed by atoms with van der Waals surface area (Å²) in [6, 6.07) is 22.9. The third-order valence-corrected chi connectivity index (χ3v) is 4.65. The summed E-state index contributed by atoms with van der Waals surface area (Å²) in [6.45, 7) is 1.75. The SMILES string of the molecule is Cc1ccc(NC(=O)COc2ccc(/C=C(\C#N)C(=O)Nc3ccccc3)cc2Cl)cc1. The van der Waals surface area contributed by atoms with E-state index in [1.807, 2.05) is 43.3 Å². The highest BCUT2D eigenvalue weighted by molar-refractivity contribution is 6.32. The standard InChI is InChI=1S/C25H20ClN3O3/c1-17-7-10-21(11-8-17)28-24(30)16-32-23-12-9-18(14-22(23)26)13-19(15-27)25(31)29-20-5-3-2-4-6-20/h2-14H,16H2,1H3,(H,28,30)(H,29,31)/b19-13+. The third-order valence-electron chi connectivity index (χ3n) is 4.36. The second kappa shape index (κ2) is 10.8. The monoisotopic (exact) mass is 445 g/mol. The van der Waals surface area contributed by atoms with Crippen molar-refractivity contribution in [3.63, 3.8) is 0 Å². The molecule has 2 N–H and O–H groups in total. The van der Waals surface area contributed by atoms with Gasteiger partial charge in [-0.15, -0.1) is 0 Å². The van der Waals surface area contributed by atoms with E-state index in [1.165, 1.54) is 6.08 Å². The second-order valence-corrected chi connectivity index (χ2v) is 7.29. The van der Waals surface area contributed by atoms with Crippen molar-refractivity contribution in [3.05, 3.63) is 94.5 Å². The molecule has 0 spiro atoms. The first-order chi connectivity index (χ1) is 15.4. The molecule has 0 aliphatic carbocycles. The highest BCUT2D eigenvalue weighted by atomic mass is 35.5. The summed E-state index contributed by atoms with van der Waals surface area (Å²) in [5.41, 5.74) is 2.83. The van der Waals surface area contributed by atoms with E-state index in [1.54, 1.807) is 42.5 Å². The summed E-state index contributed by atoms with van der Waals surface area (Å²) in [4.78, 5) is 24.4. The lowest BCUT2D eigenvalue weighted by molar-refractivity contribution is -0.118. The van der Waals surface area contributed by atoms with Gasteiger partial charge in [0.25, 0.3) is 11.8 Å². The highest BCUT2D eigenvalue weighted by Crippen LogP contribution is 2.26. The predicted octanol–water partition coefficient (Wildman–Crippen LogP) is 5.21. The van der Waals surface area contributed by atoms with E-state index in [0.29, 0.717) is 22.7 Å². The number of hydrogen-bond donors (Lipinski definition) is 2. The Balaban J connectivity index is 1.62. The Hall–Kier alpha value is -4.08. The zero-order chi connectivity index (χ0) is 22.9. The molecule has 0 saturated carbocycles. The number of ether oxygens (including phenoxy) is 1. The molecule has 32 heavy (non-hydrogen) atoms. The van der Waals surface area contributed by atoms with E-state index in [-0.39, 0.29) is 23.1 Å². The van der Waals surface area contributed by atoms with Crippen LogP contribution in [0.25, 0.3) is 6.08 Å². The zero-order valence-corrected chi connectivity index (χ0v) is 18.0. The molecular weight excluding hydrogens is 426 g/mol. The maximum absolute atomic E-state index is 12.3. The van der Waals surface area contributed by atoms with Crippen LogP contribution in [-0.4, -0.2) is 18.4 Å². The highest BCUT2D eigenvalue weighted by Gasteiger charge is 2.11. The Bertz CT molecular complexity index is 1180. The van der Waals surface area contributed by atoms with Crippen molar-refractivity contribution in [2.45, 2.75) is 6.92 Å². The molecule has 160 valence electrons. The molecule has 7 heteroatoms. The molecule has 2 amide bonds. The van der Waals surface area contributed by atoms with Gasteiger partial charge in [-0.1, -0.05) is 53.6 Å². The lowest BCUT2D eigenvalue weighted by Crippen LogP contribution is -2.20. The normalized spacial score (nSPS) is 10.7. The van der Waals surface area contributed by atoms with Crippen LogP contribution in [0.4, 0.5) is 11.4 Å². The molecule has 0 saturated heterocycles. The van der Waals surface area contributed by atoms with Crippen molar-refractivity contribution in [1.29, 1.82) is 5.26 Å². The quantitative estimate of drug-likeness (QED) is 0.385. The Morgan fingerprint density at radius 1 is 1.00 bits per heavy atom. The van der Waals surface area contributed by atoms with E-state index in [9.17, 15) is 14.9 Å². The van der Waals surface area contributed by atoms with Crippen LogP contribution >= 0.6 is 11.6 Å². The van der Waals surface area contributed by atoms with Gasteiger partial charge in [0.1, 0.15) is 17.4 Å². The minimum absolute atomic E-state index is 0.0731. The Morgan fingerprint density at radius 3 is 2.34 bits per heavy atom. The summed E-state index contributed by atoms with van der Waals surface area (Å²) >= 11 is 6.26. The van der Waals surface area contributed by atoms with Crippen LogP contribution in [0.2, 0.25) is 5.02 Å². The van der Waals surface area contributed by atoms with Gasteiger partial charge in [0.2, 0.25) is 0 Å². The molecule has 0 aliphatic heterocycles. The fourth-order valence-electron chi connectivity index (χ4n) is 2.74. The largest absolute Gasteiger partial charge is 0.482 e. The minimum atomic E-state index is -0.525. The Morgan fingerprint density at radius 2 is 1.69 bits per heavy atom. The summed E-state index contributed by atoms with van der Waals surface area (Å²) in [7, 11) is 0. The number of carbonyl (C=O) groups excluding carboxylic acids is 2. The molecule has 0 heterocycles. The first-order valence-electron chi connectivity index (χ1n) is 9.71. The van der Waals surface area contributed by atoms with Gasteiger partial charge < -0.3 is 15.4 Å². The van der Waals surface area contributed by atoms with Gasteiger partial charge in [0.05, 0.1) is 5.02 Å². The summed E-state index contributed by atoms with van der Waals surface area (Å²) in [5, 5.41) is 15.0. The van der Waals surface area contributed by atoms with Crippen molar-refractivity contribution in [2.75, 3.05) is 17.2 Å². The van der Waals surface area contributed by atoms with E-state index < -0.39 is 5.91 Å². The number of rotatable bonds is 7. The molecule has 6 nitrogen and oxygen atoms in total. The molecule has 3 rings (SSSR count). The molecule has 3 aromatic carbocycles. The smallest absolute Gasteiger partial charge is 0.266 e. The van der Waals surface area contributed by atoms with Gasteiger partial charge >= 0.3 is 0 Å². The number of nitriles is 1. The van der Waals surface area contributed by atoms with E-state index in [2.05, 4.69) is 10.6 Å². The van der Waals surface area contributed by atoms with Crippen LogP contribution in [-0.2, 0) is 9.59 Å². The number of amides is 2. The number of aryl methyl sites for hydroxylation is 1. The average Bonchev–Trinajstić information content (AvgIpc) is 2.79. The molecule has 0 fully saturated rings. The van der Waals surface area contributed by atoms with Crippen LogP contribution < -0.4 is 15.4 Å². The topological polar surface area (TPSA) is 91.2 Å². The molecular formula is C25H20ClN3O3. The zero-order valence-electron chi connectivity index (χ0n) is 17.3. The van der Waals surface area contributed by atoms with Crippen LogP contribution in [0, 0.1) is 18.3 Å². The fraction of sp³-hybridized carbons (Fsp3) is 0.0800. The number of anilines is 2. The van der Waals surface area contributed by atoms with E-state index in [0.717, 1.165) is 5.56 Å². The first kappa shape index (κ1) is 22.6. The average molecular weight is 446 g/mol. The van der Waals surface area contributed by atoms with E-state index >= 15 is 0 Å². The minimum Gasteiger partial charge on any atom is -0.482 e. The number of nitrogens with one attached hydrogen (secondary N) is 2. The number of para-hydroxylation sites is 1. The number of hydrogen-bond acceptors (Lipinski definition) is 4. The molecule has 0 bridgehead atoms. The second-order valence-electron chi connectivity index (χ2n) is 6.88. The van der Waals surface area contributed by atoms with Gasteiger partial charge in [0, 0.05) is 11.4 Å². The van der Waals surface area contributed by atoms with Crippen LogP contribution in [0.5, 0.6) is 5.75 Å². The molecule has 0 radical (unpaired) electrons. The van der Waals surface area contributed by atoms with Gasteiger partial charge in [-0.2, -0.15) is 5.26 Å². The first-order valence-corrected chi connectivity index (χ1v) is 10.1. The van der Waals surface area contributed by atoms with Crippen molar-refractivity contribution in [1.82, 2.24) is 0 Å². The van der Waals surface area contributed by atoms with Crippen molar-refractivity contribution >= 4 is 40.9 Å². The number of halogens is 1. The summed E-state index contributed by atoms with van der Waals surface area (Å²) in [5.74, 6) is -0.531. The van der Waals surface area contributed by atoms with Gasteiger partial charge in [-0.25, -0.2) is 0 Å². The molecule has 0 aromatic heterocycles. The van der Waals surface area contributed by atoms with Crippen molar-refractivity contribution < 1.29 is 14.3 Å². The van der Waals surface area contributed by atoms with Crippen LogP contribution in [0.1, 0.15) is 11.1 Å². The summed E-state index contributed by atoms with van der Waals surface area (Å²) in [6.07, 6.45) is 1.43. The third kappa shape index (κ3) is 6.46. The Labute approximate surface area is 191 Å². The fourth-order valence-corrected chi connectivity index (χ4v) is 2.98. The lowest BCUT2D eigenvalue weighted by Gasteiger charge is -2.10. The van der Waals surface area contributed by atoms with Crippen molar-refractivity contribution in [3.8, 4) is 11.8 Å². The molecule has 0 atom stereocenters. The van der Waals surface area contributed by atoms with Crippen LogP contribution in [0.15, 0.2) is 78.4 Å². The molecule has 3 aromatic rings. The number of carbonyl (C=O) groups is 2. The van der Waals surface area contributed by atoms with Crippen molar-refractivity contribution in [2.24, 2.45) is 0 Å². The van der Waals surface area contributed by atoms with Gasteiger partial charge in [0.15, 0.2) is 6.61 Å². The summed E-state index contributed by atoms with van der Waals surface area (Å²) < 4.78 is 5.50. The van der Waals surface area contributed by atoms with Gasteiger partial charge in [-0.3, -0.25) is 9.59 Å². The maximum Gasteiger partial charge on any atom is 0.266 e. The molecule has 0 unspecified atom stereocenters. The maximum atomic E-state index is 12.3. The van der Waals surface area contributed by atoms with Crippen LogP contribution in [0.3, 0.4) is 0 Å². The predicted molar refractivity (Wildman–Crippen MR) is 125 cm³/mol. The molecule has 0 aliphatic rings. The Kier molecular flexibility index (Phi) is 7.63.